The second kappa shape index (κ2) is 6.22. The first-order valence-corrected chi connectivity index (χ1v) is 7.50. The van der Waals surface area contributed by atoms with E-state index in [1.807, 2.05) is 28.9 Å². The maximum absolute atomic E-state index is 5.86. The van der Waals surface area contributed by atoms with Crippen LogP contribution in [-0.2, 0) is 6.54 Å². The molecule has 0 saturated carbocycles. The van der Waals surface area contributed by atoms with Crippen LogP contribution in [0, 0.1) is 13.8 Å². The van der Waals surface area contributed by atoms with Gasteiger partial charge in [-0.3, -0.25) is 0 Å². The van der Waals surface area contributed by atoms with Crippen LogP contribution >= 0.6 is 0 Å². The van der Waals surface area contributed by atoms with Crippen molar-refractivity contribution in [3.8, 4) is 22.7 Å². The van der Waals surface area contributed by atoms with E-state index in [4.69, 9.17) is 10.5 Å². The molecule has 2 aromatic carbocycles. The Morgan fingerprint density at radius 3 is 2.61 bits per heavy atom. The van der Waals surface area contributed by atoms with Crippen LogP contribution in [-0.4, -0.2) is 22.1 Å². The average Bonchev–Trinajstić information content (AvgIpc) is 3.01. The molecule has 0 saturated heterocycles. The summed E-state index contributed by atoms with van der Waals surface area (Å²) in [5, 5.41) is 8.53. The molecular formula is C18H20N4O. The molecule has 3 aromatic rings. The highest BCUT2D eigenvalue weighted by Crippen LogP contribution is 2.28. The molecule has 0 unspecified atom stereocenters. The Kier molecular flexibility index (Phi) is 4.12. The fourth-order valence-electron chi connectivity index (χ4n) is 2.55. The van der Waals surface area contributed by atoms with Gasteiger partial charge in [-0.1, -0.05) is 23.4 Å². The highest BCUT2D eigenvalue weighted by atomic mass is 16.5. The zero-order chi connectivity index (χ0) is 16.4. The van der Waals surface area contributed by atoms with E-state index in [2.05, 4.69) is 42.4 Å². The molecule has 2 N–H and O–H groups in total. The molecule has 1 aromatic heterocycles. The summed E-state index contributed by atoms with van der Waals surface area (Å²) in [7, 11) is 1.65. The lowest BCUT2D eigenvalue weighted by atomic mass is 10.0. The van der Waals surface area contributed by atoms with Crippen molar-refractivity contribution in [2.45, 2.75) is 20.4 Å². The van der Waals surface area contributed by atoms with E-state index in [0.717, 1.165) is 28.4 Å². The van der Waals surface area contributed by atoms with Gasteiger partial charge in [-0.2, -0.15) is 0 Å². The largest absolute Gasteiger partial charge is 0.497 e. The SMILES string of the molecule is COc1cccc(-n2nnc(CN)c2-c2ccc(C)c(C)c2)c1. The van der Waals surface area contributed by atoms with Crippen LogP contribution in [0.3, 0.4) is 0 Å². The zero-order valence-corrected chi connectivity index (χ0v) is 13.6. The molecular weight excluding hydrogens is 288 g/mol. The molecule has 0 aliphatic carbocycles. The molecule has 0 aliphatic heterocycles. The van der Waals surface area contributed by atoms with E-state index in [1.54, 1.807) is 7.11 Å². The third-order valence-electron chi connectivity index (χ3n) is 4.01. The van der Waals surface area contributed by atoms with Gasteiger partial charge in [-0.15, -0.1) is 5.10 Å². The van der Waals surface area contributed by atoms with E-state index in [9.17, 15) is 0 Å². The molecule has 0 aliphatic rings. The monoisotopic (exact) mass is 308 g/mol. The van der Waals surface area contributed by atoms with Crippen molar-refractivity contribution in [2.24, 2.45) is 5.73 Å². The van der Waals surface area contributed by atoms with Crippen molar-refractivity contribution < 1.29 is 4.74 Å². The van der Waals surface area contributed by atoms with E-state index < -0.39 is 0 Å². The summed E-state index contributed by atoms with van der Waals surface area (Å²) in [4.78, 5) is 0. The Hall–Kier alpha value is -2.66. The summed E-state index contributed by atoms with van der Waals surface area (Å²) >= 11 is 0. The number of benzene rings is 2. The second-order valence-corrected chi connectivity index (χ2v) is 5.50. The molecule has 3 rings (SSSR count). The molecule has 0 fully saturated rings. The molecule has 5 nitrogen and oxygen atoms in total. The topological polar surface area (TPSA) is 66.0 Å². The van der Waals surface area contributed by atoms with Gasteiger partial charge >= 0.3 is 0 Å². The van der Waals surface area contributed by atoms with Crippen molar-refractivity contribution in [1.29, 1.82) is 0 Å². The first kappa shape index (κ1) is 15.2. The second-order valence-electron chi connectivity index (χ2n) is 5.50. The Labute approximate surface area is 135 Å². The number of methoxy groups -OCH3 is 1. The number of nitrogens with zero attached hydrogens (tertiary/aromatic N) is 3. The zero-order valence-electron chi connectivity index (χ0n) is 13.6. The molecule has 118 valence electrons. The van der Waals surface area contributed by atoms with Gasteiger partial charge in [-0.25, -0.2) is 4.68 Å². The smallest absolute Gasteiger partial charge is 0.121 e. The van der Waals surface area contributed by atoms with Gasteiger partial charge in [0.05, 0.1) is 18.5 Å². The fraction of sp³-hybridized carbons (Fsp3) is 0.222. The summed E-state index contributed by atoms with van der Waals surface area (Å²) in [6, 6.07) is 14.1. The molecule has 1 heterocycles. The number of hydrogen-bond acceptors (Lipinski definition) is 4. The van der Waals surface area contributed by atoms with Gasteiger partial charge in [0.2, 0.25) is 0 Å². The summed E-state index contributed by atoms with van der Waals surface area (Å²) < 4.78 is 7.12. The standard InChI is InChI=1S/C18H20N4O/c1-12-7-8-14(9-13(12)2)18-17(11-19)20-21-22(18)15-5-4-6-16(10-15)23-3/h4-10H,11,19H2,1-3H3. The average molecular weight is 308 g/mol. The predicted octanol–water partition coefficient (Wildman–Crippen LogP) is 3.02. The first-order valence-electron chi connectivity index (χ1n) is 7.50. The van der Waals surface area contributed by atoms with Gasteiger partial charge in [0.15, 0.2) is 0 Å². The molecule has 0 radical (unpaired) electrons. The Balaban J connectivity index is 2.19. The Morgan fingerprint density at radius 2 is 1.91 bits per heavy atom. The number of aryl methyl sites for hydroxylation is 2. The Bertz CT molecular complexity index is 839. The molecule has 0 atom stereocenters. The molecule has 0 spiro atoms. The van der Waals surface area contributed by atoms with Crippen molar-refractivity contribution in [3.05, 3.63) is 59.3 Å². The van der Waals surface area contributed by atoms with E-state index in [-0.39, 0.29) is 0 Å². The molecule has 23 heavy (non-hydrogen) atoms. The minimum absolute atomic E-state index is 0.340. The first-order chi connectivity index (χ1) is 11.1. The fourth-order valence-corrected chi connectivity index (χ4v) is 2.55. The van der Waals surface area contributed by atoms with Gasteiger partial charge in [0.1, 0.15) is 11.4 Å². The maximum atomic E-state index is 5.86. The lowest BCUT2D eigenvalue weighted by Gasteiger charge is -2.11. The lowest BCUT2D eigenvalue weighted by molar-refractivity contribution is 0.414. The van der Waals surface area contributed by atoms with Crippen LogP contribution < -0.4 is 10.5 Å². The highest BCUT2D eigenvalue weighted by Gasteiger charge is 2.16. The van der Waals surface area contributed by atoms with Gasteiger partial charge in [0, 0.05) is 18.2 Å². The quantitative estimate of drug-likeness (QED) is 0.804. The lowest BCUT2D eigenvalue weighted by Crippen LogP contribution is -2.03. The van der Waals surface area contributed by atoms with Crippen LogP contribution in [0.2, 0.25) is 0 Å². The predicted molar refractivity (Wildman–Crippen MR) is 90.7 cm³/mol. The third kappa shape index (κ3) is 2.83. The number of nitrogens with two attached hydrogens (primary N) is 1. The van der Waals surface area contributed by atoms with Crippen molar-refractivity contribution in [1.82, 2.24) is 15.0 Å². The Morgan fingerprint density at radius 1 is 1.09 bits per heavy atom. The van der Waals surface area contributed by atoms with Crippen LogP contribution in [0.25, 0.3) is 16.9 Å². The van der Waals surface area contributed by atoms with Crippen molar-refractivity contribution in [3.63, 3.8) is 0 Å². The van der Waals surface area contributed by atoms with Gasteiger partial charge in [0.25, 0.3) is 0 Å². The van der Waals surface area contributed by atoms with Crippen LogP contribution in [0.4, 0.5) is 0 Å². The molecule has 5 heteroatoms. The number of rotatable bonds is 4. The summed E-state index contributed by atoms with van der Waals surface area (Å²) in [5.41, 5.74) is 12.0. The van der Waals surface area contributed by atoms with Crippen LogP contribution in [0.15, 0.2) is 42.5 Å². The molecule has 0 bridgehead atoms. The van der Waals surface area contributed by atoms with Gasteiger partial charge < -0.3 is 10.5 Å². The summed E-state index contributed by atoms with van der Waals surface area (Å²) in [6.07, 6.45) is 0. The maximum Gasteiger partial charge on any atom is 0.121 e. The van der Waals surface area contributed by atoms with Gasteiger partial charge in [-0.05, 0) is 43.2 Å². The molecule has 0 amide bonds. The number of hydrogen-bond donors (Lipinski definition) is 1. The summed E-state index contributed by atoms with van der Waals surface area (Å²) in [6.45, 7) is 4.54. The van der Waals surface area contributed by atoms with E-state index in [0.29, 0.717) is 6.54 Å². The van der Waals surface area contributed by atoms with Crippen LogP contribution in [0.5, 0.6) is 5.75 Å². The van der Waals surface area contributed by atoms with Crippen LogP contribution in [0.1, 0.15) is 16.8 Å². The highest BCUT2D eigenvalue weighted by molar-refractivity contribution is 5.66. The van der Waals surface area contributed by atoms with Crippen molar-refractivity contribution >= 4 is 0 Å². The number of ether oxygens (including phenoxy) is 1. The normalized spacial score (nSPS) is 10.8. The third-order valence-corrected chi connectivity index (χ3v) is 4.01. The van der Waals surface area contributed by atoms with Crippen molar-refractivity contribution in [2.75, 3.05) is 7.11 Å². The minimum Gasteiger partial charge on any atom is -0.497 e. The minimum atomic E-state index is 0.340. The van der Waals surface area contributed by atoms with E-state index in [1.165, 1.54) is 11.1 Å². The number of aromatic nitrogens is 3. The summed E-state index contributed by atoms with van der Waals surface area (Å²) in [5.74, 6) is 0.776. The van der Waals surface area contributed by atoms with E-state index >= 15 is 0 Å².